The lowest BCUT2D eigenvalue weighted by atomic mass is 10.2. The summed E-state index contributed by atoms with van der Waals surface area (Å²) < 4.78 is 10.9. The van der Waals surface area contributed by atoms with Gasteiger partial charge in [-0.3, -0.25) is 4.79 Å². The monoisotopic (exact) mass is 282 g/mol. The van der Waals surface area contributed by atoms with Gasteiger partial charge in [-0.25, -0.2) is 4.98 Å². The first kappa shape index (κ1) is 14.0. The van der Waals surface area contributed by atoms with Gasteiger partial charge in [0.25, 0.3) is 5.91 Å². The van der Waals surface area contributed by atoms with Gasteiger partial charge in [0, 0.05) is 24.9 Å². The summed E-state index contributed by atoms with van der Waals surface area (Å²) in [7, 11) is 0. The van der Waals surface area contributed by atoms with Crippen LogP contribution in [0.15, 0.2) is 12.3 Å². The summed E-state index contributed by atoms with van der Waals surface area (Å²) in [6.07, 6.45) is 3.59. The van der Waals surface area contributed by atoms with Gasteiger partial charge in [-0.1, -0.05) is 0 Å². The molecule has 1 aromatic rings. The van der Waals surface area contributed by atoms with Crippen LogP contribution in [0, 0.1) is 0 Å². The lowest BCUT2D eigenvalue weighted by Crippen LogP contribution is -2.33. The van der Waals surface area contributed by atoms with Crippen molar-refractivity contribution in [2.24, 2.45) is 0 Å². The average Bonchev–Trinajstić information content (AvgIpc) is 2.47. The quantitative estimate of drug-likeness (QED) is 0.822. The lowest BCUT2D eigenvalue weighted by Gasteiger charge is -2.22. The number of carbonyl (C=O) groups is 1. The topological polar surface area (TPSA) is 51.7 Å². The Hall–Kier alpha value is -1.43. The first-order valence-corrected chi connectivity index (χ1v) is 7.69. The summed E-state index contributed by atoms with van der Waals surface area (Å²) in [5.74, 6) is 2.07. The zero-order valence-electron chi connectivity index (χ0n) is 11.2. The van der Waals surface area contributed by atoms with Crippen molar-refractivity contribution in [1.29, 1.82) is 0 Å². The van der Waals surface area contributed by atoms with E-state index < -0.39 is 0 Å². The first-order valence-electron chi connectivity index (χ1n) is 6.30. The summed E-state index contributed by atoms with van der Waals surface area (Å²) >= 11 is 1.72. The molecule has 1 amide bonds. The number of rotatable bonds is 5. The van der Waals surface area contributed by atoms with E-state index in [0.29, 0.717) is 37.0 Å². The van der Waals surface area contributed by atoms with Gasteiger partial charge in [-0.15, -0.1) is 0 Å². The Morgan fingerprint density at radius 1 is 1.42 bits per heavy atom. The maximum atomic E-state index is 12.3. The highest BCUT2D eigenvalue weighted by Crippen LogP contribution is 2.29. The van der Waals surface area contributed by atoms with E-state index in [2.05, 4.69) is 4.98 Å². The summed E-state index contributed by atoms with van der Waals surface area (Å²) in [4.78, 5) is 18.3. The largest absolute Gasteiger partial charge is 0.486 e. The molecule has 0 N–H and O–H groups in total. The summed E-state index contributed by atoms with van der Waals surface area (Å²) in [5.41, 5.74) is 0.409. The zero-order chi connectivity index (χ0) is 13.7. The fourth-order valence-electron chi connectivity index (χ4n) is 1.83. The highest BCUT2D eigenvalue weighted by Gasteiger charge is 2.19. The van der Waals surface area contributed by atoms with E-state index in [-0.39, 0.29) is 5.91 Å². The second-order valence-electron chi connectivity index (χ2n) is 4.09. The van der Waals surface area contributed by atoms with Crippen molar-refractivity contribution in [3.63, 3.8) is 0 Å². The van der Waals surface area contributed by atoms with E-state index in [4.69, 9.17) is 9.47 Å². The molecule has 1 aromatic heterocycles. The Bertz CT molecular complexity index is 454. The molecule has 6 heteroatoms. The molecule has 0 unspecified atom stereocenters. The fourth-order valence-corrected chi connectivity index (χ4v) is 2.24. The first-order chi connectivity index (χ1) is 9.26. The molecule has 0 saturated heterocycles. The molecule has 0 saturated carbocycles. The van der Waals surface area contributed by atoms with Gasteiger partial charge in [-0.05, 0) is 13.2 Å². The van der Waals surface area contributed by atoms with Crippen LogP contribution >= 0.6 is 11.8 Å². The molecule has 19 heavy (non-hydrogen) atoms. The third kappa shape index (κ3) is 3.32. The van der Waals surface area contributed by atoms with Crippen LogP contribution in [0.25, 0.3) is 0 Å². The SMILES string of the molecule is CCN(CCSC)C(=O)c1cc2c(cn1)OCCO2. The number of ether oxygens (including phenoxy) is 2. The summed E-state index contributed by atoms with van der Waals surface area (Å²) in [5, 5.41) is 0. The molecule has 0 bridgehead atoms. The third-order valence-electron chi connectivity index (χ3n) is 2.88. The van der Waals surface area contributed by atoms with Gasteiger partial charge in [0.15, 0.2) is 11.5 Å². The van der Waals surface area contributed by atoms with Crippen molar-refractivity contribution in [3.05, 3.63) is 18.0 Å². The molecular formula is C13H18N2O3S. The highest BCUT2D eigenvalue weighted by atomic mass is 32.2. The minimum absolute atomic E-state index is 0.0616. The smallest absolute Gasteiger partial charge is 0.272 e. The van der Waals surface area contributed by atoms with Gasteiger partial charge in [0.2, 0.25) is 0 Å². The maximum Gasteiger partial charge on any atom is 0.272 e. The number of fused-ring (bicyclic) bond motifs is 1. The summed E-state index contributed by atoms with van der Waals surface area (Å²) in [6.45, 7) is 4.41. The van der Waals surface area contributed by atoms with E-state index in [1.54, 1.807) is 28.9 Å². The maximum absolute atomic E-state index is 12.3. The van der Waals surface area contributed by atoms with Crippen LogP contribution in [0.2, 0.25) is 0 Å². The van der Waals surface area contributed by atoms with E-state index in [9.17, 15) is 4.79 Å². The third-order valence-corrected chi connectivity index (χ3v) is 3.47. The number of carbonyl (C=O) groups excluding carboxylic acids is 1. The number of hydrogen-bond acceptors (Lipinski definition) is 5. The van der Waals surface area contributed by atoms with Gasteiger partial charge in [-0.2, -0.15) is 11.8 Å². The Morgan fingerprint density at radius 3 is 2.84 bits per heavy atom. The molecule has 2 rings (SSSR count). The zero-order valence-corrected chi connectivity index (χ0v) is 12.0. The predicted octanol–water partition coefficient (Wildman–Crippen LogP) is 1.68. The minimum atomic E-state index is -0.0616. The van der Waals surface area contributed by atoms with Crippen LogP contribution in [0.3, 0.4) is 0 Å². The van der Waals surface area contributed by atoms with Crippen molar-refractivity contribution in [1.82, 2.24) is 9.88 Å². The molecular weight excluding hydrogens is 264 g/mol. The van der Waals surface area contributed by atoms with Crippen molar-refractivity contribution >= 4 is 17.7 Å². The van der Waals surface area contributed by atoms with E-state index >= 15 is 0 Å². The second kappa shape index (κ2) is 6.65. The number of aromatic nitrogens is 1. The highest BCUT2D eigenvalue weighted by molar-refractivity contribution is 7.98. The van der Waals surface area contributed by atoms with Gasteiger partial charge in [0.05, 0.1) is 6.20 Å². The molecule has 0 aliphatic carbocycles. The second-order valence-corrected chi connectivity index (χ2v) is 5.08. The molecule has 5 nitrogen and oxygen atoms in total. The van der Waals surface area contributed by atoms with Gasteiger partial charge in [0.1, 0.15) is 18.9 Å². The van der Waals surface area contributed by atoms with E-state index in [1.807, 2.05) is 13.2 Å². The normalized spacial score (nSPS) is 13.2. The molecule has 0 fully saturated rings. The molecule has 0 aromatic carbocycles. The summed E-state index contributed by atoms with van der Waals surface area (Å²) in [6, 6.07) is 1.67. The van der Waals surface area contributed by atoms with Crippen LogP contribution < -0.4 is 9.47 Å². The average molecular weight is 282 g/mol. The van der Waals surface area contributed by atoms with Crippen LogP contribution in [-0.4, -0.2) is 54.1 Å². The molecule has 1 aliphatic rings. The minimum Gasteiger partial charge on any atom is -0.486 e. The van der Waals surface area contributed by atoms with E-state index in [0.717, 1.165) is 12.3 Å². The Morgan fingerprint density at radius 2 is 2.16 bits per heavy atom. The van der Waals surface area contributed by atoms with Crippen molar-refractivity contribution in [3.8, 4) is 11.5 Å². The predicted molar refractivity (Wildman–Crippen MR) is 75.2 cm³/mol. The molecule has 0 radical (unpaired) electrons. The molecule has 1 aliphatic heterocycles. The van der Waals surface area contributed by atoms with Crippen LogP contribution in [-0.2, 0) is 0 Å². The van der Waals surface area contributed by atoms with Gasteiger partial charge < -0.3 is 14.4 Å². The van der Waals surface area contributed by atoms with Crippen molar-refractivity contribution < 1.29 is 14.3 Å². The number of amides is 1. The Kier molecular flexibility index (Phi) is 4.90. The van der Waals surface area contributed by atoms with Crippen molar-refractivity contribution in [2.75, 3.05) is 38.3 Å². The number of nitrogens with zero attached hydrogens (tertiary/aromatic N) is 2. The lowest BCUT2D eigenvalue weighted by molar-refractivity contribution is 0.0767. The number of pyridine rings is 1. The van der Waals surface area contributed by atoms with Crippen LogP contribution in [0.1, 0.15) is 17.4 Å². The van der Waals surface area contributed by atoms with Gasteiger partial charge >= 0.3 is 0 Å². The molecule has 2 heterocycles. The molecule has 104 valence electrons. The number of hydrogen-bond donors (Lipinski definition) is 0. The number of thioether (sulfide) groups is 1. The fraction of sp³-hybridized carbons (Fsp3) is 0.538. The molecule has 0 atom stereocenters. The van der Waals surface area contributed by atoms with Crippen LogP contribution in [0.5, 0.6) is 11.5 Å². The standard InChI is InChI=1S/C13H18N2O3S/c1-3-15(4-7-19-2)13(16)10-8-11-12(9-14-10)18-6-5-17-11/h8-9H,3-7H2,1-2H3. The van der Waals surface area contributed by atoms with Crippen LogP contribution in [0.4, 0.5) is 0 Å². The van der Waals surface area contributed by atoms with E-state index in [1.165, 1.54) is 0 Å². The Labute approximate surface area is 117 Å². The van der Waals surface area contributed by atoms with Crippen molar-refractivity contribution in [2.45, 2.75) is 6.92 Å². The Balaban J connectivity index is 2.13. The molecule has 0 spiro atoms.